The van der Waals surface area contributed by atoms with Gasteiger partial charge < -0.3 is 10.1 Å². The molecule has 1 heterocycles. The molecule has 0 unspecified atom stereocenters. The molecule has 2 aromatic rings. The number of anilines is 2. The Labute approximate surface area is 122 Å². The van der Waals surface area contributed by atoms with Crippen LogP contribution in [-0.4, -0.2) is 17.1 Å². The molecule has 1 N–H and O–H groups in total. The molecule has 0 spiro atoms. The monoisotopic (exact) mass is 295 g/mol. The maximum Gasteiger partial charge on any atom is 0.145 e. The third-order valence-corrected chi connectivity index (χ3v) is 3.23. The summed E-state index contributed by atoms with van der Waals surface area (Å²) in [5.74, 6) is 1.27. The van der Waals surface area contributed by atoms with Crippen LogP contribution in [0.1, 0.15) is 18.3 Å². The van der Waals surface area contributed by atoms with Crippen molar-refractivity contribution < 1.29 is 9.13 Å². The van der Waals surface area contributed by atoms with Crippen molar-refractivity contribution in [3.63, 3.8) is 0 Å². The van der Waals surface area contributed by atoms with E-state index in [0.717, 1.165) is 5.56 Å². The number of benzene rings is 1. The maximum absolute atomic E-state index is 13.2. The zero-order chi connectivity index (χ0) is 14.7. The number of halogens is 2. The Morgan fingerprint density at radius 2 is 2.10 bits per heavy atom. The molecular weight excluding hydrogens is 281 g/mol. The molecule has 2 rings (SSSR count). The summed E-state index contributed by atoms with van der Waals surface area (Å²) in [5, 5.41) is 3.51. The van der Waals surface area contributed by atoms with E-state index in [0.29, 0.717) is 34.7 Å². The highest BCUT2D eigenvalue weighted by Gasteiger charge is 2.11. The quantitative estimate of drug-likeness (QED) is 0.869. The van der Waals surface area contributed by atoms with Crippen molar-refractivity contribution in [3.05, 3.63) is 40.6 Å². The third kappa shape index (κ3) is 2.99. The molecule has 0 radical (unpaired) electrons. The fourth-order valence-corrected chi connectivity index (χ4v) is 1.90. The van der Waals surface area contributed by atoms with Gasteiger partial charge in [0.05, 0.1) is 12.8 Å². The molecule has 0 amide bonds. The maximum atomic E-state index is 13.2. The first kappa shape index (κ1) is 14.5. The Bertz CT molecular complexity index is 634. The van der Waals surface area contributed by atoms with Gasteiger partial charge >= 0.3 is 0 Å². The summed E-state index contributed by atoms with van der Waals surface area (Å²) in [6, 6.07) is 4.25. The first-order valence-corrected chi connectivity index (χ1v) is 6.56. The highest BCUT2D eigenvalue weighted by molar-refractivity contribution is 6.30. The van der Waals surface area contributed by atoms with E-state index in [1.54, 1.807) is 6.07 Å². The van der Waals surface area contributed by atoms with Crippen molar-refractivity contribution in [2.45, 2.75) is 20.3 Å². The van der Waals surface area contributed by atoms with E-state index in [2.05, 4.69) is 15.3 Å². The van der Waals surface area contributed by atoms with Gasteiger partial charge in [-0.05, 0) is 19.1 Å². The lowest BCUT2D eigenvalue weighted by atomic mass is 10.2. The number of hydrogen-bond donors (Lipinski definition) is 1. The van der Waals surface area contributed by atoms with Crippen LogP contribution in [0.2, 0.25) is 5.15 Å². The standard InChI is InChI=1S/C14H15ClFN3O/c1-4-12-18-13(15)8(2)14(19-12)17-10-6-5-9(16)7-11(10)20-3/h5-7H,4H2,1-3H3,(H,17,18,19). The van der Waals surface area contributed by atoms with Gasteiger partial charge in [0.1, 0.15) is 28.4 Å². The van der Waals surface area contributed by atoms with E-state index in [4.69, 9.17) is 16.3 Å². The molecule has 0 bridgehead atoms. The zero-order valence-corrected chi connectivity index (χ0v) is 12.3. The van der Waals surface area contributed by atoms with Crippen LogP contribution < -0.4 is 10.1 Å². The first-order chi connectivity index (χ1) is 9.55. The SMILES string of the molecule is CCc1nc(Cl)c(C)c(Nc2ccc(F)cc2OC)n1. The van der Waals surface area contributed by atoms with Crippen LogP contribution in [0.4, 0.5) is 15.9 Å². The number of aryl methyl sites for hydroxylation is 1. The predicted molar refractivity (Wildman–Crippen MR) is 77.4 cm³/mol. The van der Waals surface area contributed by atoms with Gasteiger partial charge in [0.2, 0.25) is 0 Å². The fourth-order valence-electron chi connectivity index (χ4n) is 1.71. The second kappa shape index (κ2) is 6.05. The Morgan fingerprint density at radius 1 is 1.35 bits per heavy atom. The Hall–Kier alpha value is -1.88. The lowest BCUT2D eigenvalue weighted by Gasteiger charge is -2.13. The Balaban J connectivity index is 2.42. The summed E-state index contributed by atoms with van der Waals surface area (Å²) in [4.78, 5) is 8.56. The average Bonchev–Trinajstić information content (AvgIpc) is 2.45. The van der Waals surface area contributed by atoms with Gasteiger partial charge in [0.25, 0.3) is 0 Å². The molecule has 106 valence electrons. The van der Waals surface area contributed by atoms with Gasteiger partial charge in [0, 0.05) is 18.1 Å². The minimum Gasteiger partial charge on any atom is -0.494 e. The van der Waals surface area contributed by atoms with Crippen LogP contribution in [0.5, 0.6) is 5.75 Å². The van der Waals surface area contributed by atoms with Gasteiger partial charge in [0.15, 0.2) is 0 Å². The molecular formula is C14H15ClFN3O. The number of ether oxygens (including phenoxy) is 1. The highest BCUT2D eigenvalue weighted by Crippen LogP contribution is 2.30. The van der Waals surface area contributed by atoms with Gasteiger partial charge in [-0.1, -0.05) is 18.5 Å². The Kier molecular flexibility index (Phi) is 4.39. The molecule has 0 aliphatic rings. The van der Waals surface area contributed by atoms with Gasteiger partial charge in [-0.2, -0.15) is 0 Å². The van der Waals surface area contributed by atoms with Gasteiger partial charge in [-0.3, -0.25) is 0 Å². The largest absolute Gasteiger partial charge is 0.494 e. The summed E-state index contributed by atoms with van der Waals surface area (Å²) < 4.78 is 18.3. The van der Waals surface area contributed by atoms with Gasteiger partial charge in [-0.25, -0.2) is 14.4 Å². The number of rotatable bonds is 4. The van der Waals surface area contributed by atoms with Crippen LogP contribution in [0.15, 0.2) is 18.2 Å². The van der Waals surface area contributed by atoms with Crippen molar-refractivity contribution in [2.24, 2.45) is 0 Å². The molecule has 4 nitrogen and oxygen atoms in total. The summed E-state index contributed by atoms with van der Waals surface area (Å²) in [6.45, 7) is 3.77. The number of nitrogens with zero attached hydrogens (tertiary/aromatic N) is 2. The Morgan fingerprint density at radius 3 is 2.75 bits per heavy atom. The fraction of sp³-hybridized carbons (Fsp3) is 0.286. The van der Waals surface area contributed by atoms with E-state index in [1.807, 2.05) is 13.8 Å². The molecule has 0 atom stereocenters. The zero-order valence-electron chi connectivity index (χ0n) is 11.5. The normalized spacial score (nSPS) is 10.4. The van der Waals surface area contributed by atoms with Crippen LogP contribution >= 0.6 is 11.6 Å². The highest BCUT2D eigenvalue weighted by atomic mass is 35.5. The van der Waals surface area contributed by atoms with Crippen LogP contribution in [-0.2, 0) is 6.42 Å². The lowest BCUT2D eigenvalue weighted by Crippen LogP contribution is -2.04. The molecule has 0 saturated heterocycles. The second-order valence-corrected chi connectivity index (χ2v) is 4.59. The van der Waals surface area contributed by atoms with E-state index in [9.17, 15) is 4.39 Å². The molecule has 1 aromatic heterocycles. The predicted octanol–water partition coefficient (Wildman–Crippen LogP) is 3.89. The molecule has 0 aliphatic heterocycles. The summed E-state index contributed by atoms with van der Waals surface area (Å²) in [7, 11) is 1.48. The smallest absolute Gasteiger partial charge is 0.145 e. The molecule has 0 fully saturated rings. The number of nitrogens with one attached hydrogen (secondary N) is 1. The number of aromatic nitrogens is 2. The van der Waals surface area contributed by atoms with E-state index >= 15 is 0 Å². The van der Waals surface area contributed by atoms with E-state index in [1.165, 1.54) is 19.2 Å². The van der Waals surface area contributed by atoms with Crippen molar-refractivity contribution in [3.8, 4) is 5.75 Å². The number of methoxy groups -OCH3 is 1. The van der Waals surface area contributed by atoms with Crippen molar-refractivity contribution in [1.29, 1.82) is 0 Å². The number of hydrogen-bond acceptors (Lipinski definition) is 4. The van der Waals surface area contributed by atoms with E-state index in [-0.39, 0.29) is 5.82 Å². The summed E-state index contributed by atoms with van der Waals surface area (Å²) >= 11 is 6.08. The molecule has 20 heavy (non-hydrogen) atoms. The average molecular weight is 296 g/mol. The van der Waals surface area contributed by atoms with Crippen molar-refractivity contribution in [2.75, 3.05) is 12.4 Å². The molecule has 6 heteroatoms. The van der Waals surface area contributed by atoms with Crippen molar-refractivity contribution >= 4 is 23.1 Å². The topological polar surface area (TPSA) is 47.0 Å². The summed E-state index contributed by atoms with van der Waals surface area (Å²) in [6.07, 6.45) is 0.676. The van der Waals surface area contributed by atoms with Crippen molar-refractivity contribution in [1.82, 2.24) is 9.97 Å². The van der Waals surface area contributed by atoms with Crippen LogP contribution in [0, 0.1) is 12.7 Å². The van der Waals surface area contributed by atoms with Crippen LogP contribution in [0.3, 0.4) is 0 Å². The lowest BCUT2D eigenvalue weighted by molar-refractivity contribution is 0.413. The first-order valence-electron chi connectivity index (χ1n) is 6.18. The minimum absolute atomic E-state index is 0.362. The van der Waals surface area contributed by atoms with Gasteiger partial charge in [-0.15, -0.1) is 0 Å². The minimum atomic E-state index is -0.362. The second-order valence-electron chi connectivity index (χ2n) is 4.23. The molecule has 0 saturated carbocycles. The third-order valence-electron chi connectivity index (χ3n) is 2.87. The summed E-state index contributed by atoms with van der Waals surface area (Å²) in [5.41, 5.74) is 1.35. The molecule has 1 aromatic carbocycles. The van der Waals surface area contributed by atoms with E-state index < -0.39 is 0 Å². The molecule has 0 aliphatic carbocycles. The van der Waals surface area contributed by atoms with Crippen LogP contribution in [0.25, 0.3) is 0 Å².